The van der Waals surface area contributed by atoms with E-state index in [9.17, 15) is 14.4 Å². The van der Waals surface area contributed by atoms with Gasteiger partial charge in [-0.2, -0.15) is 0 Å². The summed E-state index contributed by atoms with van der Waals surface area (Å²) in [6.45, 7) is 2.40. The highest BCUT2D eigenvalue weighted by Gasteiger charge is 2.29. The van der Waals surface area contributed by atoms with Crippen molar-refractivity contribution < 1.29 is 24.2 Å². The number of hydrogen-bond acceptors (Lipinski definition) is 6. The molecule has 0 radical (unpaired) electrons. The molecule has 0 spiro atoms. The predicted molar refractivity (Wildman–Crippen MR) is 128 cm³/mol. The average Bonchev–Trinajstić information content (AvgIpc) is 3.44. The van der Waals surface area contributed by atoms with Gasteiger partial charge in [-0.1, -0.05) is 55.5 Å². The molecule has 1 atom stereocenters. The molecule has 0 bridgehead atoms. The van der Waals surface area contributed by atoms with Gasteiger partial charge in [0.05, 0.1) is 10.9 Å². The smallest absolute Gasteiger partial charge is 0.407 e. The lowest BCUT2D eigenvalue weighted by atomic mass is 9.98. The maximum Gasteiger partial charge on any atom is 0.407 e. The van der Waals surface area contributed by atoms with Crippen molar-refractivity contribution in [3.05, 3.63) is 75.7 Å². The molecule has 1 heterocycles. The highest BCUT2D eigenvalue weighted by atomic mass is 32.1. The Morgan fingerprint density at radius 3 is 2.32 bits per heavy atom. The number of fused-ring (bicyclic) bond motifs is 3. The molecule has 3 aromatic rings. The van der Waals surface area contributed by atoms with Gasteiger partial charge in [0.2, 0.25) is 5.91 Å². The lowest BCUT2D eigenvalue weighted by molar-refractivity contribution is -0.124. The number of carbonyl (C=O) groups excluding carboxylic acids is 2. The summed E-state index contributed by atoms with van der Waals surface area (Å²) >= 11 is 1.24. The molecule has 1 aliphatic rings. The Balaban J connectivity index is 1.21. The zero-order valence-corrected chi connectivity index (χ0v) is 19.4. The number of nitrogens with one attached hydrogen (secondary N) is 2. The summed E-state index contributed by atoms with van der Waals surface area (Å²) < 4.78 is 5.49. The third kappa shape index (κ3) is 5.26. The monoisotopic (exact) mass is 479 g/mol. The number of ether oxygens (including phenoxy) is 1. The fourth-order valence-corrected chi connectivity index (χ4v) is 4.74. The summed E-state index contributed by atoms with van der Waals surface area (Å²) in [5.74, 6) is -1.76. The lowest BCUT2D eigenvalue weighted by Crippen LogP contribution is -2.38. The highest BCUT2D eigenvalue weighted by molar-refractivity contribution is 7.09. The average molecular weight is 480 g/mol. The van der Waals surface area contributed by atoms with Crippen LogP contribution in [0.1, 0.15) is 39.5 Å². The maximum absolute atomic E-state index is 12.3. The highest BCUT2D eigenvalue weighted by Crippen LogP contribution is 2.44. The van der Waals surface area contributed by atoms with Crippen LogP contribution >= 0.6 is 11.3 Å². The standard InChI is InChI=1S/C25H25N3O5S/c1-15(23(29)26-11-10-22-28-21(14-34-22)24(30)31)12-27-25(32)33-13-20-18-8-4-2-6-16(18)17-7-3-5-9-19(17)20/h2-9,14-15,20H,10-13H2,1H3,(H,26,29)(H,27,32)(H,30,31). The Hall–Kier alpha value is -3.72. The van der Waals surface area contributed by atoms with E-state index in [-0.39, 0.29) is 30.7 Å². The van der Waals surface area contributed by atoms with E-state index in [4.69, 9.17) is 9.84 Å². The number of hydrogen-bond donors (Lipinski definition) is 3. The van der Waals surface area contributed by atoms with Crippen LogP contribution in [0.5, 0.6) is 0 Å². The van der Waals surface area contributed by atoms with Gasteiger partial charge in [0.25, 0.3) is 0 Å². The van der Waals surface area contributed by atoms with Crippen LogP contribution in [-0.2, 0) is 16.0 Å². The van der Waals surface area contributed by atoms with Gasteiger partial charge in [0.1, 0.15) is 6.61 Å². The van der Waals surface area contributed by atoms with Crippen molar-refractivity contribution in [3.63, 3.8) is 0 Å². The molecule has 9 heteroatoms. The summed E-state index contributed by atoms with van der Waals surface area (Å²) in [6.07, 6.45) is -0.124. The second kappa shape index (κ2) is 10.5. The first-order valence-electron chi connectivity index (χ1n) is 11.0. The molecule has 2 aromatic carbocycles. The van der Waals surface area contributed by atoms with E-state index in [1.807, 2.05) is 24.3 Å². The fourth-order valence-electron chi connectivity index (χ4n) is 3.97. The van der Waals surface area contributed by atoms with E-state index >= 15 is 0 Å². The Bertz CT molecular complexity index is 1160. The van der Waals surface area contributed by atoms with Crippen molar-refractivity contribution in [1.82, 2.24) is 15.6 Å². The number of amides is 2. The van der Waals surface area contributed by atoms with Gasteiger partial charge >= 0.3 is 12.1 Å². The van der Waals surface area contributed by atoms with Crippen molar-refractivity contribution >= 4 is 29.3 Å². The zero-order chi connectivity index (χ0) is 24.1. The topological polar surface area (TPSA) is 118 Å². The van der Waals surface area contributed by atoms with E-state index in [0.29, 0.717) is 18.0 Å². The van der Waals surface area contributed by atoms with Gasteiger partial charge in [-0.15, -0.1) is 11.3 Å². The molecule has 0 aliphatic heterocycles. The van der Waals surface area contributed by atoms with Crippen LogP contribution in [0.2, 0.25) is 0 Å². The molecular formula is C25H25N3O5S. The van der Waals surface area contributed by atoms with Gasteiger partial charge in [-0.3, -0.25) is 4.79 Å². The Morgan fingerprint density at radius 1 is 1.06 bits per heavy atom. The number of aromatic carboxylic acids is 1. The van der Waals surface area contributed by atoms with Crippen LogP contribution < -0.4 is 10.6 Å². The van der Waals surface area contributed by atoms with Crippen molar-refractivity contribution in [2.75, 3.05) is 19.7 Å². The van der Waals surface area contributed by atoms with Gasteiger partial charge in [0, 0.05) is 30.8 Å². The van der Waals surface area contributed by atoms with Crippen LogP contribution in [0, 0.1) is 5.92 Å². The predicted octanol–water partition coefficient (Wildman–Crippen LogP) is 3.67. The molecule has 3 N–H and O–H groups in total. The van der Waals surface area contributed by atoms with E-state index in [1.54, 1.807) is 6.92 Å². The third-order valence-corrected chi connectivity index (χ3v) is 6.66. The largest absolute Gasteiger partial charge is 0.476 e. The lowest BCUT2D eigenvalue weighted by Gasteiger charge is -2.16. The molecule has 34 heavy (non-hydrogen) atoms. The molecule has 176 valence electrons. The summed E-state index contributed by atoms with van der Waals surface area (Å²) in [5.41, 5.74) is 4.61. The van der Waals surface area contributed by atoms with E-state index in [1.165, 1.54) is 16.7 Å². The normalized spacial score (nSPS) is 13.0. The number of carboxylic acid groups (broad SMARTS) is 1. The van der Waals surface area contributed by atoms with Crippen LogP contribution in [0.15, 0.2) is 53.9 Å². The molecule has 1 aromatic heterocycles. The first kappa shape index (κ1) is 23.4. The minimum Gasteiger partial charge on any atom is -0.476 e. The van der Waals surface area contributed by atoms with Crippen molar-refractivity contribution in [3.8, 4) is 11.1 Å². The number of carboxylic acids is 1. The van der Waals surface area contributed by atoms with Crippen LogP contribution in [0.4, 0.5) is 4.79 Å². The third-order valence-electron chi connectivity index (χ3n) is 5.75. The number of alkyl carbamates (subject to hydrolysis) is 1. The van der Waals surface area contributed by atoms with Crippen molar-refractivity contribution in [2.24, 2.45) is 5.92 Å². The number of carbonyl (C=O) groups is 3. The quantitative estimate of drug-likeness (QED) is 0.431. The number of aromatic nitrogens is 1. The molecule has 1 unspecified atom stereocenters. The minimum atomic E-state index is -1.07. The molecule has 4 rings (SSSR count). The van der Waals surface area contributed by atoms with Crippen LogP contribution in [0.3, 0.4) is 0 Å². The van der Waals surface area contributed by atoms with Gasteiger partial charge < -0.3 is 20.5 Å². The summed E-state index contributed by atoms with van der Waals surface area (Å²) in [7, 11) is 0. The molecule has 0 saturated heterocycles. The number of rotatable bonds is 9. The van der Waals surface area contributed by atoms with Crippen molar-refractivity contribution in [1.29, 1.82) is 0 Å². The van der Waals surface area contributed by atoms with Gasteiger partial charge in [-0.05, 0) is 22.3 Å². The Labute approximate surface area is 201 Å². The number of benzene rings is 2. The van der Waals surface area contributed by atoms with Gasteiger partial charge in [0.15, 0.2) is 5.69 Å². The van der Waals surface area contributed by atoms with E-state index < -0.39 is 18.0 Å². The van der Waals surface area contributed by atoms with Crippen LogP contribution in [-0.4, -0.2) is 47.8 Å². The first-order chi connectivity index (χ1) is 16.4. The zero-order valence-electron chi connectivity index (χ0n) is 18.6. The number of nitrogens with zero attached hydrogens (tertiary/aromatic N) is 1. The summed E-state index contributed by atoms with van der Waals surface area (Å²) in [6, 6.07) is 16.2. The molecule has 1 aliphatic carbocycles. The summed E-state index contributed by atoms with van der Waals surface area (Å²) in [4.78, 5) is 39.4. The van der Waals surface area contributed by atoms with E-state index in [0.717, 1.165) is 22.3 Å². The molecule has 0 saturated carbocycles. The van der Waals surface area contributed by atoms with Crippen LogP contribution in [0.25, 0.3) is 11.1 Å². The van der Waals surface area contributed by atoms with E-state index in [2.05, 4.69) is 39.9 Å². The number of thiazole rings is 1. The molecule has 8 nitrogen and oxygen atoms in total. The molecule has 0 fully saturated rings. The second-order valence-corrected chi connectivity index (χ2v) is 9.02. The maximum atomic E-state index is 12.3. The Kier molecular flexibility index (Phi) is 7.22. The Morgan fingerprint density at radius 2 is 1.71 bits per heavy atom. The fraction of sp³-hybridized carbons (Fsp3) is 0.280. The SMILES string of the molecule is CC(CNC(=O)OCC1c2ccccc2-c2ccccc21)C(=O)NCCc1nc(C(=O)O)cs1. The minimum absolute atomic E-state index is 0.00647. The molecular weight excluding hydrogens is 454 g/mol. The first-order valence-corrected chi connectivity index (χ1v) is 11.9. The van der Waals surface area contributed by atoms with Gasteiger partial charge in [-0.25, -0.2) is 14.6 Å². The van der Waals surface area contributed by atoms with Crippen molar-refractivity contribution in [2.45, 2.75) is 19.3 Å². The second-order valence-electron chi connectivity index (χ2n) is 8.08. The summed E-state index contributed by atoms with van der Waals surface area (Å²) in [5, 5.41) is 16.5. The molecule has 2 amide bonds.